The van der Waals surface area contributed by atoms with Gasteiger partial charge in [-0.25, -0.2) is 14.2 Å². The second-order valence-electron chi connectivity index (χ2n) is 7.36. The molecule has 1 aromatic heterocycles. The van der Waals surface area contributed by atoms with Gasteiger partial charge in [-0.15, -0.1) is 0 Å². The number of H-pyrrole nitrogens is 1. The summed E-state index contributed by atoms with van der Waals surface area (Å²) < 4.78 is 13.5. The average molecular weight is 364 g/mol. The molecule has 0 unspecified atom stereocenters. The van der Waals surface area contributed by atoms with Crippen molar-refractivity contribution in [1.29, 1.82) is 0 Å². The standard InChI is InChI=1S/C21H21FN4O/c22-14-9-10-17-18(12-14)24-20(23-17)19-8-3-11-26(19)21(27)25-16-7-2-5-13-4-1-6-15(13)16/h2,5,7,9-10,12,19H,1,3-4,6,8,11H2,(H,23,24)(H,25,27)/t19-/m1/s1. The number of amides is 2. The number of halogens is 1. The molecule has 0 spiro atoms. The Labute approximate surface area is 156 Å². The fourth-order valence-corrected chi connectivity index (χ4v) is 4.38. The van der Waals surface area contributed by atoms with Gasteiger partial charge in [0.05, 0.1) is 17.1 Å². The zero-order valence-corrected chi connectivity index (χ0v) is 15.0. The quantitative estimate of drug-likeness (QED) is 0.700. The molecule has 1 saturated heterocycles. The molecule has 1 aliphatic heterocycles. The van der Waals surface area contributed by atoms with E-state index in [4.69, 9.17) is 0 Å². The third-order valence-corrected chi connectivity index (χ3v) is 5.68. The molecular formula is C21H21FN4O. The molecule has 5 rings (SSSR count). The van der Waals surface area contributed by atoms with Crippen molar-refractivity contribution in [3.05, 3.63) is 59.2 Å². The molecule has 1 fully saturated rings. The summed E-state index contributed by atoms with van der Waals surface area (Å²) in [4.78, 5) is 22.6. The number of aryl methyl sites for hydroxylation is 1. The van der Waals surface area contributed by atoms with E-state index in [1.807, 2.05) is 17.0 Å². The van der Waals surface area contributed by atoms with E-state index in [1.54, 1.807) is 6.07 Å². The zero-order valence-electron chi connectivity index (χ0n) is 15.0. The number of aromatic amines is 1. The SMILES string of the molecule is O=C(Nc1cccc2c1CCC2)N1CCC[C@@H]1c1nc2ccc(F)cc2[nH]1. The molecular weight excluding hydrogens is 343 g/mol. The monoisotopic (exact) mass is 364 g/mol. The van der Waals surface area contributed by atoms with Crippen LogP contribution in [0.4, 0.5) is 14.9 Å². The topological polar surface area (TPSA) is 61.0 Å². The van der Waals surface area contributed by atoms with Gasteiger partial charge in [0.1, 0.15) is 11.6 Å². The summed E-state index contributed by atoms with van der Waals surface area (Å²) >= 11 is 0. The Hall–Kier alpha value is -2.89. The molecule has 2 amide bonds. The van der Waals surface area contributed by atoms with Crippen molar-refractivity contribution < 1.29 is 9.18 Å². The first kappa shape index (κ1) is 16.3. The van der Waals surface area contributed by atoms with Crippen LogP contribution in [-0.4, -0.2) is 27.4 Å². The predicted octanol–water partition coefficient (Wildman–Crippen LogP) is 4.56. The fourth-order valence-electron chi connectivity index (χ4n) is 4.38. The number of nitrogens with zero attached hydrogens (tertiary/aromatic N) is 2. The number of aromatic nitrogens is 2. The van der Waals surface area contributed by atoms with Crippen LogP contribution < -0.4 is 5.32 Å². The van der Waals surface area contributed by atoms with E-state index in [9.17, 15) is 9.18 Å². The van der Waals surface area contributed by atoms with Crippen molar-refractivity contribution in [1.82, 2.24) is 14.9 Å². The average Bonchev–Trinajstić information content (AvgIpc) is 3.39. The number of nitrogens with one attached hydrogen (secondary N) is 2. The molecule has 6 heteroatoms. The normalized spacial score (nSPS) is 18.9. The second-order valence-corrected chi connectivity index (χ2v) is 7.36. The smallest absolute Gasteiger partial charge is 0.322 e. The largest absolute Gasteiger partial charge is 0.340 e. The van der Waals surface area contributed by atoms with Gasteiger partial charge in [0.25, 0.3) is 0 Å². The number of hydrogen-bond acceptors (Lipinski definition) is 2. The Morgan fingerprint density at radius 3 is 3.07 bits per heavy atom. The van der Waals surface area contributed by atoms with Crippen molar-refractivity contribution >= 4 is 22.8 Å². The molecule has 27 heavy (non-hydrogen) atoms. The highest BCUT2D eigenvalue weighted by Gasteiger charge is 2.32. The van der Waals surface area contributed by atoms with Crippen LogP contribution in [0.1, 0.15) is 42.3 Å². The van der Waals surface area contributed by atoms with E-state index < -0.39 is 0 Å². The van der Waals surface area contributed by atoms with Crippen LogP contribution in [0.15, 0.2) is 36.4 Å². The van der Waals surface area contributed by atoms with Crippen molar-refractivity contribution in [3.63, 3.8) is 0 Å². The molecule has 3 aromatic rings. The Kier molecular flexibility index (Phi) is 3.85. The molecule has 2 aromatic carbocycles. The van der Waals surface area contributed by atoms with Crippen molar-refractivity contribution in [3.8, 4) is 0 Å². The number of carbonyl (C=O) groups is 1. The summed E-state index contributed by atoms with van der Waals surface area (Å²) in [5.74, 6) is 0.429. The van der Waals surface area contributed by atoms with E-state index in [2.05, 4.69) is 21.4 Å². The minimum absolute atomic E-state index is 0.0931. The first-order chi connectivity index (χ1) is 13.2. The van der Waals surface area contributed by atoms with Crippen LogP contribution in [0.2, 0.25) is 0 Å². The number of rotatable bonds is 2. The third-order valence-electron chi connectivity index (χ3n) is 5.68. The molecule has 2 heterocycles. The number of likely N-dealkylation sites (tertiary alicyclic amines) is 1. The predicted molar refractivity (Wildman–Crippen MR) is 102 cm³/mol. The molecule has 5 nitrogen and oxygen atoms in total. The maximum absolute atomic E-state index is 13.5. The number of carbonyl (C=O) groups excluding carboxylic acids is 1. The summed E-state index contributed by atoms with van der Waals surface area (Å²) in [6, 6.07) is 10.4. The number of anilines is 1. The Morgan fingerprint density at radius 2 is 2.15 bits per heavy atom. The van der Waals surface area contributed by atoms with Gasteiger partial charge < -0.3 is 15.2 Å². The Balaban J connectivity index is 1.40. The number of imidazole rings is 1. The van der Waals surface area contributed by atoms with Crippen molar-refractivity contribution in [2.75, 3.05) is 11.9 Å². The maximum atomic E-state index is 13.5. The van der Waals surface area contributed by atoms with Gasteiger partial charge in [-0.05, 0) is 67.5 Å². The van der Waals surface area contributed by atoms with Gasteiger partial charge in [-0.3, -0.25) is 0 Å². The molecule has 2 N–H and O–H groups in total. The van der Waals surface area contributed by atoms with Crippen LogP contribution in [0.25, 0.3) is 11.0 Å². The maximum Gasteiger partial charge on any atom is 0.322 e. The second kappa shape index (κ2) is 6.37. The van der Waals surface area contributed by atoms with Crippen LogP contribution in [0.5, 0.6) is 0 Å². The summed E-state index contributed by atoms with van der Waals surface area (Å²) in [6.07, 6.45) is 5.02. The van der Waals surface area contributed by atoms with E-state index >= 15 is 0 Å². The number of hydrogen-bond donors (Lipinski definition) is 2. The molecule has 1 atom stereocenters. The van der Waals surface area contributed by atoms with Gasteiger partial charge in [-0.2, -0.15) is 0 Å². The third kappa shape index (κ3) is 2.85. The lowest BCUT2D eigenvalue weighted by Gasteiger charge is -2.24. The van der Waals surface area contributed by atoms with E-state index in [0.717, 1.165) is 49.1 Å². The van der Waals surface area contributed by atoms with Gasteiger partial charge in [0, 0.05) is 12.2 Å². The van der Waals surface area contributed by atoms with Crippen LogP contribution in [0, 0.1) is 5.82 Å². The van der Waals surface area contributed by atoms with Gasteiger partial charge in [-0.1, -0.05) is 12.1 Å². The first-order valence-corrected chi connectivity index (χ1v) is 9.52. The summed E-state index contributed by atoms with van der Waals surface area (Å²) in [6.45, 7) is 0.691. The lowest BCUT2D eigenvalue weighted by Crippen LogP contribution is -2.35. The van der Waals surface area contributed by atoms with Crippen molar-refractivity contribution in [2.24, 2.45) is 0 Å². The highest BCUT2D eigenvalue weighted by molar-refractivity contribution is 5.91. The van der Waals surface area contributed by atoms with E-state index in [-0.39, 0.29) is 17.9 Å². The van der Waals surface area contributed by atoms with Crippen LogP contribution in [0.3, 0.4) is 0 Å². The lowest BCUT2D eigenvalue weighted by atomic mass is 10.1. The summed E-state index contributed by atoms with van der Waals surface area (Å²) in [5, 5.41) is 3.11. The van der Waals surface area contributed by atoms with Crippen molar-refractivity contribution in [2.45, 2.75) is 38.1 Å². The van der Waals surface area contributed by atoms with Gasteiger partial charge in [0.15, 0.2) is 0 Å². The van der Waals surface area contributed by atoms with E-state index in [1.165, 1.54) is 23.3 Å². The Morgan fingerprint density at radius 1 is 1.22 bits per heavy atom. The molecule has 1 aliphatic carbocycles. The first-order valence-electron chi connectivity index (χ1n) is 9.52. The minimum atomic E-state index is -0.295. The minimum Gasteiger partial charge on any atom is -0.340 e. The van der Waals surface area contributed by atoms with Crippen LogP contribution in [-0.2, 0) is 12.8 Å². The lowest BCUT2D eigenvalue weighted by molar-refractivity contribution is 0.205. The molecule has 138 valence electrons. The molecule has 0 radical (unpaired) electrons. The van der Waals surface area contributed by atoms with Crippen LogP contribution >= 0.6 is 0 Å². The van der Waals surface area contributed by atoms with Gasteiger partial charge in [0.2, 0.25) is 0 Å². The zero-order chi connectivity index (χ0) is 18.4. The molecule has 2 aliphatic rings. The molecule has 0 bridgehead atoms. The number of benzene rings is 2. The fraction of sp³-hybridized carbons (Fsp3) is 0.333. The highest BCUT2D eigenvalue weighted by Crippen LogP contribution is 2.33. The molecule has 0 saturated carbocycles. The highest BCUT2D eigenvalue weighted by atomic mass is 19.1. The number of fused-ring (bicyclic) bond motifs is 2. The summed E-state index contributed by atoms with van der Waals surface area (Å²) in [5.41, 5.74) is 4.91. The summed E-state index contributed by atoms with van der Waals surface area (Å²) in [7, 11) is 0. The van der Waals surface area contributed by atoms with E-state index in [0.29, 0.717) is 12.1 Å². The number of urea groups is 1. The Bertz CT molecular complexity index is 1030. The van der Waals surface area contributed by atoms with Gasteiger partial charge >= 0.3 is 6.03 Å².